The molecule has 20 heavy (non-hydrogen) atoms. The van der Waals surface area contributed by atoms with Gasteiger partial charge in [-0.3, -0.25) is 4.79 Å². The third kappa shape index (κ3) is 2.66. The number of primary amides is 1. The van der Waals surface area contributed by atoms with Crippen molar-refractivity contribution in [1.82, 2.24) is 0 Å². The first kappa shape index (κ1) is 13.7. The van der Waals surface area contributed by atoms with Gasteiger partial charge in [0.2, 0.25) is 5.91 Å². The van der Waals surface area contributed by atoms with Gasteiger partial charge in [-0.2, -0.15) is 0 Å². The van der Waals surface area contributed by atoms with Gasteiger partial charge in [0.05, 0.1) is 17.1 Å². The molecule has 0 saturated heterocycles. The number of amides is 1. The summed E-state index contributed by atoms with van der Waals surface area (Å²) in [5, 5.41) is 2.49. The zero-order valence-corrected chi connectivity index (χ0v) is 10.1. The molecule has 0 fully saturated rings. The predicted octanol–water partition coefficient (Wildman–Crippen LogP) is 2.53. The third-order valence-corrected chi connectivity index (χ3v) is 2.62. The van der Waals surface area contributed by atoms with E-state index < -0.39 is 23.4 Å². The Morgan fingerprint density at radius 1 is 0.950 bits per heavy atom. The van der Waals surface area contributed by atoms with Crippen molar-refractivity contribution in [1.29, 1.82) is 0 Å². The van der Waals surface area contributed by atoms with Gasteiger partial charge in [-0.15, -0.1) is 0 Å². The predicted molar refractivity (Wildman–Crippen MR) is 69.0 cm³/mol. The van der Waals surface area contributed by atoms with Crippen LogP contribution in [0, 0.1) is 17.5 Å². The Balaban J connectivity index is 2.42. The monoisotopic (exact) mass is 281 g/mol. The lowest BCUT2D eigenvalue weighted by Crippen LogP contribution is -2.11. The van der Waals surface area contributed by atoms with Gasteiger partial charge in [0.25, 0.3) is 0 Å². The third-order valence-electron chi connectivity index (χ3n) is 2.62. The molecule has 1 amide bonds. The van der Waals surface area contributed by atoms with Crippen LogP contribution in [0.1, 0.15) is 10.4 Å². The molecule has 0 unspecified atom stereocenters. The second-order valence-corrected chi connectivity index (χ2v) is 4.04. The lowest BCUT2D eigenvalue weighted by Gasteiger charge is -2.11. The second-order valence-electron chi connectivity index (χ2n) is 4.04. The summed E-state index contributed by atoms with van der Waals surface area (Å²) in [6.45, 7) is 0. The van der Waals surface area contributed by atoms with Crippen molar-refractivity contribution in [2.24, 2.45) is 5.73 Å². The molecule has 0 radical (unpaired) electrons. The normalized spacial score (nSPS) is 10.3. The Kier molecular flexibility index (Phi) is 3.51. The first-order chi connectivity index (χ1) is 9.38. The Bertz CT molecular complexity index is 689. The number of carbonyl (C=O) groups excluding carboxylic acids is 1. The fourth-order valence-corrected chi connectivity index (χ4v) is 1.58. The van der Waals surface area contributed by atoms with E-state index in [-0.39, 0.29) is 22.6 Å². The first-order valence-corrected chi connectivity index (χ1v) is 5.49. The van der Waals surface area contributed by atoms with Gasteiger partial charge in [0.1, 0.15) is 5.82 Å². The quantitative estimate of drug-likeness (QED) is 0.597. The molecule has 0 spiro atoms. The molecule has 2 aromatic carbocycles. The molecule has 104 valence electrons. The summed E-state index contributed by atoms with van der Waals surface area (Å²) in [6.07, 6.45) is 0. The number of nitrogen functional groups attached to an aromatic ring is 1. The molecule has 0 bridgehead atoms. The van der Waals surface area contributed by atoms with Crippen molar-refractivity contribution in [3.63, 3.8) is 0 Å². The Morgan fingerprint density at radius 3 is 2.25 bits per heavy atom. The molecular formula is C13H10F3N3O. The average molecular weight is 281 g/mol. The van der Waals surface area contributed by atoms with Crippen molar-refractivity contribution in [3.8, 4) is 0 Å². The van der Waals surface area contributed by atoms with E-state index in [0.29, 0.717) is 12.1 Å². The van der Waals surface area contributed by atoms with Crippen molar-refractivity contribution in [3.05, 3.63) is 53.3 Å². The highest BCUT2D eigenvalue weighted by Crippen LogP contribution is 2.27. The molecule has 0 heterocycles. The van der Waals surface area contributed by atoms with Gasteiger partial charge in [-0.1, -0.05) is 0 Å². The topological polar surface area (TPSA) is 81.1 Å². The van der Waals surface area contributed by atoms with E-state index in [9.17, 15) is 18.0 Å². The number of nitrogens with one attached hydrogen (secondary N) is 1. The Labute approximate surface area is 112 Å². The molecule has 2 aromatic rings. The minimum atomic E-state index is -1.30. The van der Waals surface area contributed by atoms with Gasteiger partial charge in [0.15, 0.2) is 11.6 Å². The SMILES string of the molecule is NC(=O)c1ccc(N)c(Nc2cc(F)c(F)cc2F)c1. The van der Waals surface area contributed by atoms with E-state index in [2.05, 4.69) is 5.32 Å². The maximum Gasteiger partial charge on any atom is 0.248 e. The van der Waals surface area contributed by atoms with Crippen LogP contribution in [0.5, 0.6) is 0 Å². The summed E-state index contributed by atoms with van der Waals surface area (Å²) in [4.78, 5) is 11.1. The van der Waals surface area contributed by atoms with Crippen LogP contribution in [0.25, 0.3) is 0 Å². The van der Waals surface area contributed by atoms with E-state index >= 15 is 0 Å². The van der Waals surface area contributed by atoms with Crippen LogP contribution < -0.4 is 16.8 Å². The molecule has 4 nitrogen and oxygen atoms in total. The standard InChI is InChI=1S/C13H10F3N3O/c14-7-4-9(16)11(5-8(7)15)19-12-3-6(13(18)20)1-2-10(12)17/h1-5,19H,17H2,(H2,18,20). The van der Waals surface area contributed by atoms with E-state index in [0.717, 1.165) is 0 Å². The van der Waals surface area contributed by atoms with E-state index in [4.69, 9.17) is 11.5 Å². The van der Waals surface area contributed by atoms with Crippen molar-refractivity contribution < 1.29 is 18.0 Å². The smallest absolute Gasteiger partial charge is 0.248 e. The number of rotatable bonds is 3. The average Bonchev–Trinajstić information content (AvgIpc) is 2.38. The molecule has 0 aliphatic rings. The zero-order chi connectivity index (χ0) is 14.9. The number of carbonyl (C=O) groups is 1. The van der Waals surface area contributed by atoms with E-state index in [1.165, 1.54) is 18.2 Å². The van der Waals surface area contributed by atoms with Crippen molar-refractivity contribution in [2.45, 2.75) is 0 Å². The Morgan fingerprint density at radius 2 is 1.60 bits per heavy atom. The molecule has 7 heteroatoms. The fourth-order valence-electron chi connectivity index (χ4n) is 1.58. The minimum absolute atomic E-state index is 0.143. The number of anilines is 3. The molecule has 5 N–H and O–H groups in total. The highest BCUT2D eigenvalue weighted by Gasteiger charge is 2.12. The zero-order valence-electron chi connectivity index (χ0n) is 10.1. The van der Waals surface area contributed by atoms with Crippen LogP contribution >= 0.6 is 0 Å². The van der Waals surface area contributed by atoms with Crippen molar-refractivity contribution >= 4 is 23.0 Å². The van der Waals surface area contributed by atoms with Gasteiger partial charge in [0, 0.05) is 17.7 Å². The summed E-state index contributed by atoms with van der Waals surface area (Å²) in [7, 11) is 0. The van der Waals surface area contributed by atoms with Crippen molar-refractivity contribution in [2.75, 3.05) is 11.1 Å². The molecule has 0 saturated carbocycles. The van der Waals surface area contributed by atoms with Crippen LogP contribution in [-0.2, 0) is 0 Å². The second kappa shape index (κ2) is 5.12. The number of hydrogen-bond donors (Lipinski definition) is 3. The summed E-state index contributed by atoms with van der Waals surface area (Å²) in [5.74, 6) is -4.20. The van der Waals surface area contributed by atoms with Gasteiger partial charge < -0.3 is 16.8 Å². The summed E-state index contributed by atoms with van der Waals surface area (Å²) < 4.78 is 39.4. The first-order valence-electron chi connectivity index (χ1n) is 5.49. The van der Waals surface area contributed by atoms with Gasteiger partial charge >= 0.3 is 0 Å². The molecule has 2 rings (SSSR count). The number of halogens is 3. The van der Waals surface area contributed by atoms with Gasteiger partial charge in [-0.05, 0) is 18.2 Å². The minimum Gasteiger partial charge on any atom is -0.397 e. The number of hydrogen-bond acceptors (Lipinski definition) is 3. The van der Waals surface area contributed by atoms with Crippen LogP contribution in [0.15, 0.2) is 30.3 Å². The summed E-state index contributed by atoms with van der Waals surface area (Å²) in [5.41, 5.74) is 10.9. The lowest BCUT2D eigenvalue weighted by atomic mass is 10.1. The fraction of sp³-hybridized carbons (Fsp3) is 0. The van der Waals surface area contributed by atoms with Crippen LogP contribution in [0.2, 0.25) is 0 Å². The number of benzene rings is 2. The summed E-state index contributed by atoms with van der Waals surface area (Å²) in [6, 6.07) is 5.13. The van der Waals surface area contributed by atoms with Crippen LogP contribution in [0.3, 0.4) is 0 Å². The molecule has 0 aromatic heterocycles. The maximum absolute atomic E-state index is 13.5. The molecular weight excluding hydrogens is 271 g/mol. The molecule has 0 aliphatic heterocycles. The van der Waals surface area contributed by atoms with E-state index in [1.54, 1.807) is 0 Å². The number of nitrogens with two attached hydrogens (primary N) is 2. The van der Waals surface area contributed by atoms with E-state index in [1.807, 2.05) is 0 Å². The molecule has 0 atom stereocenters. The highest BCUT2D eigenvalue weighted by atomic mass is 19.2. The summed E-state index contributed by atoms with van der Waals surface area (Å²) >= 11 is 0. The maximum atomic E-state index is 13.5. The Hall–Kier alpha value is -2.70. The lowest BCUT2D eigenvalue weighted by molar-refractivity contribution is 0.100. The molecule has 0 aliphatic carbocycles. The van der Waals surface area contributed by atoms with Gasteiger partial charge in [-0.25, -0.2) is 13.2 Å². The highest BCUT2D eigenvalue weighted by molar-refractivity contribution is 5.95. The largest absolute Gasteiger partial charge is 0.397 e. The van der Waals surface area contributed by atoms with Crippen LogP contribution in [-0.4, -0.2) is 5.91 Å². The van der Waals surface area contributed by atoms with Crippen LogP contribution in [0.4, 0.5) is 30.2 Å².